The van der Waals surface area contributed by atoms with Gasteiger partial charge in [0.15, 0.2) is 8.68 Å². The molecule has 0 saturated heterocycles. The van der Waals surface area contributed by atoms with Crippen LogP contribution in [0.3, 0.4) is 0 Å². The van der Waals surface area contributed by atoms with Crippen molar-refractivity contribution in [3.05, 3.63) is 0 Å². The Morgan fingerprint density at radius 2 is 2.15 bits per heavy atom. The standard InChI is InChI=1S/C13H18N4S3/c1-18-11-16-17-12(20-11)19-10-3-2-6-13(7-10,8-14)15-9-4-5-9/h9-10,15H,2-7H2,1H3. The van der Waals surface area contributed by atoms with E-state index in [0.29, 0.717) is 11.3 Å². The van der Waals surface area contributed by atoms with Gasteiger partial charge in [-0.3, -0.25) is 5.32 Å². The van der Waals surface area contributed by atoms with E-state index in [4.69, 9.17) is 0 Å². The van der Waals surface area contributed by atoms with Crippen LogP contribution >= 0.6 is 34.9 Å². The molecule has 0 spiro atoms. The van der Waals surface area contributed by atoms with E-state index in [9.17, 15) is 5.26 Å². The van der Waals surface area contributed by atoms with Crippen LogP contribution in [0.1, 0.15) is 38.5 Å². The highest BCUT2D eigenvalue weighted by atomic mass is 32.2. The summed E-state index contributed by atoms with van der Waals surface area (Å²) in [5.41, 5.74) is -0.301. The fourth-order valence-corrected chi connectivity index (χ4v) is 5.70. The maximum absolute atomic E-state index is 9.59. The van der Waals surface area contributed by atoms with Crippen molar-refractivity contribution in [1.82, 2.24) is 15.5 Å². The van der Waals surface area contributed by atoms with Crippen molar-refractivity contribution in [3.63, 3.8) is 0 Å². The Labute approximate surface area is 132 Å². The molecule has 2 atom stereocenters. The predicted molar refractivity (Wildman–Crippen MR) is 84.3 cm³/mol. The number of hydrogen-bond donors (Lipinski definition) is 1. The van der Waals surface area contributed by atoms with Gasteiger partial charge >= 0.3 is 0 Å². The smallest absolute Gasteiger partial charge is 0.175 e. The van der Waals surface area contributed by atoms with Crippen molar-refractivity contribution in [2.45, 2.75) is 64.0 Å². The van der Waals surface area contributed by atoms with Gasteiger partial charge in [-0.1, -0.05) is 34.9 Å². The van der Waals surface area contributed by atoms with Gasteiger partial charge in [-0.15, -0.1) is 10.2 Å². The van der Waals surface area contributed by atoms with Gasteiger partial charge in [0.05, 0.1) is 6.07 Å². The van der Waals surface area contributed by atoms with Gasteiger partial charge in [0, 0.05) is 11.3 Å². The molecule has 2 aliphatic rings. The lowest BCUT2D eigenvalue weighted by Crippen LogP contribution is -2.49. The summed E-state index contributed by atoms with van der Waals surface area (Å²) in [6.45, 7) is 0. The zero-order valence-electron chi connectivity index (χ0n) is 11.5. The van der Waals surface area contributed by atoms with Crippen molar-refractivity contribution >= 4 is 34.9 Å². The van der Waals surface area contributed by atoms with E-state index in [1.165, 1.54) is 19.3 Å². The van der Waals surface area contributed by atoms with Crippen LogP contribution < -0.4 is 5.32 Å². The van der Waals surface area contributed by atoms with Gasteiger partial charge < -0.3 is 0 Å². The third kappa shape index (κ3) is 3.48. The maximum atomic E-state index is 9.59. The Hall–Kier alpha value is -0.290. The molecule has 20 heavy (non-hydrogen) atoms. The number of nitriles is 1. The lowest BCUT2D eigenvalue weighted by atomic mass is 9.82. The van der Waals surface area contributed by atoms with E-state index >= 15 is 0 Å². The predicted octanol–water partition coefficient (Wildman–Crippen LogP) is 3.31. The molecular formula is C13H18N4S3. The minimum absolute atomic E-state index is 0.301. The summed E-state index contributed by atoms with van der Waals surface area (Å²) in [7, 11) is 0. The highest BCUT2D eigenvalue weighted by Crippen LogP contribution is 2.41. The molecule has 1 heterocycles. The second-order valence-electron chi connectivity index (χ2n) is 5.49. The molecule has 1 aromatic rings. The number of nitrogens with zero attached hydrogens (tertiary/aromatic N) is 3. The topological polar surface area (TPSA) is 61.6 Å². The van der Waals surface area contributed by atoms with Crippen LogP contribution in [0.2, 0.25) is 0 Å². The summed E-state index contributed by atoms with van der Waals surface area (Å²) in [4.78, 5) is 0. The Morgan fingerprint density at radius 1 is 1.35 bits per heavy atom. The van der Waals surface area contributed by atoms with Crippen molar-refractivity contribution in [1.29, 1.82) is 5.26 Å². The molecule has 7 heteroatoms. The van der Waals surface area contributed by atoms with Crippen LogP contribution in [0.25, 0.3) is 0 Å². The molecule has 2 saturated carbocycles. The third-order valence-electron chi connectivity index (χ3n) is 3.81. The van der Waals surface area contributed by atoms with Crippen LogP contribution in [0.5, 0.6) is 0 Å². The molecular weight excluding hydrogens is 308 g/mol. The third-order valence-corrected chi connectivity index (χ3v) is 7.06. The Kier molecular flexibility index (Phi) is 4.55. The highest BCUT2D eigenvalue weighted by Gasteiger charge is 2.40. The quantitative estimate of drug-likeness (QED) is 0.838. The van der Waals surface area contributed by atoms with E-state index in [0.717, 1.165) is 27.9 Å². The molecule has 108 valence electrons. The zero-order chi connectivity index (χ0) is 14.0. The van der Waals surface area contributed by atoms with Crippen molar-refractivity contribution in [3.8, 4) is 6.07 Å². The molecule has 0 aliphatic heterocycles. The summed E-state index contributed by atoms with van der Waals surface area (Å²) in [6, 6.07) is 3.15. The fourth-order valence-electron chi connectivity index (χ4n) is 2.68. The lowest BCUT2D eigenvalue weighted by Gasteiger charge is -2.36. The summed E-state index contributed by atoms with van der Waals surface area (Å²) >= 11 is 5.11. The first-order valence-corrected chi connectivity index (χ1v) is 9.88. The Bertz CT molecular complexity index is 508. The average Bonchev–Trinajstić information content (AvgIpc) is 3.15. The van der Waals surface area contributed by atoms with Crippen molar-refractivity contribution in [2.75, 3.05) is 6.26 Å². The molecule has 0 amide bonds. The fraction of sp³-hybridized carbons (Fsp3) is 0.769. The minimum Gasteiger partial charge on any atom is -0.297 e. The van der Waals surface area contributed by atoms with E-state index in [2.05, 4.69) is 21.6 Å². The molecule has 1 N–H and O–H groups in total. The molecule has 3 rings (SSSR count). The number of aromatic nitrogens is 2. The summed E-state index contributed by atoms with van der Waals surface area (Å²) < 4.78 is 2.06. The Morgan fingerprint density at radius 3 is 2.80 bits per heavy atom. The SMILES string of the molecule is CSc1nnc(SC2CCCC(C#N)(NC3CC3)C2)s1. The highest BCUT2D eigenvalue weighted by molar-refractivity contribution is 8.03. The number of rotatable bonds is 5. The van der Waals surface area contributed by atoms with Crippen LogP contribution in [-0.2, 0) is 0 Å². The average molecular weight is 327 g/mol. The van der Waals surface area contributed by atoms with Crippen LogP contribution in [0.15, 0.2) is 8.68 Å². The van der Waals surface area contributed by atoms with Gasteiger partial charge in [0.2, 0.25) is 0 Å². The zero-order valence-corrected chi connectivity index (χ0v) is 13.9. The molecule has 1 aromatic heterocycles. The molecule has 2 aliphatic carbocycles. The lowest BCUT2D eigenvalue weighted by molar-refractivity contribution is 0.301. The summed E-state index contributed by atoms with van der Waals surface area (Å²) in [5.74, 6) is 0. The normalized spacial score (nSPS) is 30.1. The minimum atomic E-state index is -0.301. The van der Waals surface area contributed by atoms with Crippen LogP contribution in [-0.4, -0.2) is 33.3 Å². The molecule has 0 aromatic carbocycles. The van der Waals surface area contributed by atoms with E-state index < -0.39 is 0 Å². The van der Waals surface area contributed by atoms with Gasteiger partial charge in [-0.05, 0) is 44.8 Å². The second-order valence-corrected chi connectivity index (χ2v) is 9.07. The van der Waals surface area contributed by atoms with Gasteiger partial charge in [-0.25, -0.2) is 0 Å². The molecule has 2 fully saturated rings. The molecule has 4 nitrogen and oxygen atoms in total. The monoisotopic (exact) mass is 326 g/mol. The van der Waals surface area contributed by atoms with Gasteiger partial charge in [-0.2, -0.15) is 5.26 Å². The van der Waals surface area contributed by atoms with Gasteiger partial charge in [0.1, 0.15) is 5.54 Å². The number of nitrogens with one attached hydrogen (secondary N) is 1. The first-order chi connectivity index (χ1) is 9.73. The van der Waals surface area contributed by atoms with Crippen LogP contribution in [0.4, 0.5) is 0 Å². The molecule has 0 radical (unpaired) electrons. The largest absolute Gasteiger partial charge is 0.297 e. The van der Waals surface area contributed by atoms with E-state index in [-0.39, 0.29) is 5.54 Å². The Balaban J connectivity index is 1.63. The first-order valence-electron chi connectivity index (χ1n) is 6.96. The maximum Gasteiger partial charge on any atom is 0.175 e. The van der Waals surface area contributed by atoms with Crippen LogP contribution in [0, 0.1) is 11.3 Å². The summed E-state index contributed by atoms with van der Waals surface area (Å²) in [6.07, 6.45) is 8.70. The number of thioether (sulfide) groups is 2. The van der Waals surface area contributed by atoms with Crippen molar-refractivity contribution in [2.24, 2.45) is 0 Å². The van der Waals surface area contributed by atoms with E-state index in [1.807, 2.05) is 6.26 Å². The number of hydrogen-bond acceptors (Lipinski definition) is 7. The molecule has 0 bridgehead atoms. The molecule has 2 unspecified atom stereocenters. The summed E-state index contributed by atoms with van der Waals surface area (Å²) in [5, 5.41) is 22.0. The van der Waals surface area contributed by atoms with Crippen molar-refractivity contribution < 1.29 is 0 Å². The van der Waals surface area contributed by atoms with E-state index in [1.54, 1.807) is 34.9 Å². The first kappa shape index (κ1) is 14.6. The second kappa shape index (κ2) is 6.22. The van der Waals surface area contributed by atoms with Gasteiger partial charge in [0.25, 0.3) is 0 Å².